The van der Waals surface area contributed by atoms with Gasteiger partial charge in [0.15, 0.2) is 0 Å². The monoisotopic (exact) mass is 176 g/mol. The molecule has 1 heterocycles. The Morgan fingerprint density at radius 3 is 3.10 bits per heavy atom. The highest BCUT2D eigenvalue weighted by atomic mass is 32.2. The summed E-state index contributed by atoms with van der Waals surface area (Å²) in [6.45, 7) is 4.45. The average Bonchev–Trinajstić information content (AvgIpc) is 2.05. The number of thioether (sulfide) groups is 1. The molecule has 0 aliphatic carbocycles. The van der Waals surface area contributed by atoms with Gasteiger partial charge in [0, 0.05) is 29.3 Å². The summed E-state index contributed by atoms with van der Waals surface area (Å²) < 4.78 is 0. The van der Waals surface area contributed by atoms with E-state index in [1.165, 1.54) is 5.75 Å². The Morgan fingerprint density at radius 1 is 1.80 bits per heavy atom. The predicted molar refractivity (Wildman–Crippen MR) is 50.8 cm³/mol. The Labute approximate surface area is 72.8 Å². The smallest absolute Gasteiger partial charge is 0.0300 e. The molecule has 0 bridgehead atoms. The van der Waals surface area contributed by atoms with Gasteiger partial charge in [-0.15, -0.1) is 0 Å². The Hall–Kier alpha value is 0.660. The predicted octanol–water partition coefficient (Wildman–Crippen LogP) is 1.67. The van der Waals surface area contributed by atoms with Gasteiger partial charge in [-0.3, -0.25) is 0 Å². The van der Waals surface area contributed by atoms with Gasteiger partial charge in [0.25, 0.3) is 0 Å². The van der Waals surface area contributed by atoms with Gasteiger partial charge in [0.1, 0.15) is 0 Å². The van der Waals surface area contributed by atoms with Crippen LogP contribution in [0.5, 0.6) is 0 Å². The highest BCUT2D eigenvalue weighted by Crippen LogP contribution is 2.22. The largest absolute Gasteiger partial charge is 0.315 e. The quantitative estimate of drug-likeness (QED) is 0.687. The standard InChI is InChI=1S/C7H14NS2/c1-2-6(9)7-5-8-3-4-10-7/h6-8H,2-5H2,1H3. The molecule has 3 heteroatoms. The van der Waals surface area contributed by atoms with Crippen LogP contribution in [0.2, 0.25) is 0 Å². The lowest BCUT2D eigenvalue weighted by Crippen LogP contribution is -2.37. The highest BCUT2D eigenvalue weighted by Gasteiger charge is 2.19. The lowest BCUT2D eigenvalue weighted by Gasteiger charge is -2.25. The molecule has 0 spiro atoms. The second-order valence-electron chi connectivity index (χ2n) is 2.56. The van der Waals surface area contributed by atoms with Crippen molar-refractivity contribution in [2.75, 3.05) is 18.8 Å². The molecule has 1 aliphatic heterocycles. The third kappa shape index (κ3) is 2.36. The zero-order valence-corrected chi connectivity index (χ0v) is 7.93. The van der Waals surface area contributed by atoms with E-state index in [0.29, 0.717) is 10.5 Å². The van der Waals surface area contributed by atoms with Crippen LogP contribution in [-0.2, 0) is 0 Å². The second-order valence-corrected chi connectivity index (χ2v) is 4.51. The van der Waals surface area contributed by atoms with Crippen LogP contribution >= 0.6 is 24.4 Å². The lowest BCUT2D eigenvalue weighted by molar-refractivity contribution is 0.642. The molecular weight excluding hydrogens is 162 g/mol. The van der Waals surface area contributed by atoms with Crippen molar-refractivity contribution in [3.8, 4) is 0 Å². The Morgan fingerprint density at radius 2 is 2.60 bits per heavy atom. The molecule has 0 aromatic carbocycles. The first kappa shape index (κ1) is 8.75. The van der Waals surface area contributed by atoms with E-state index in [-0.39, 0.29) is 0 Å². The molecule has 10 heavy (non-hydrogen) atoms. The van der Waals surface area contributed by atoms with Crippen molar-refractivity contribution in [3.63, 3.8) is 0 Å². The number of hydrogen-bond acceptors (Lipinski definition) is 2. The van der Waals surface area contributed by atoms with Gasteiger partial charge in [0.05, 0.1) is 0 Å². The topological polar surface area (TPSA) is 12.0 Å². The molecule has 1 rings (SSSR count). The molecule has 1 radical (unpaired) electrons. The Balaban J connectivity index is 2.24. The van der Waals surface area contributed by atoms with Gasteiger partial charge in [-0.1, -0.05) is 19.6 Å². The molecule has 0 aromatic rings. The first-order valence-corrected chi connectivity index (χ1v) is 5.34. The summed E-state index contributed by atoms with van der Waals surface area (Å²) in [7, 11) is 0. The number of nitrogens with one attached hydrogen (secondary N) is 1. The van der Waals surface area contributed by atoms with E-state index >= 15 is 0 Å². The van der Waals surface area contributed by atoms with Crippen molar-refractivity contribution in [1.82, 2.24) is 5.32 Å². The van der Waals surface area contributed by atoms with Crippen molar-refractivity contribution in [2.45, 2.75) is 23.8 Å². The van der Waals surface area contributed by atoms with Gasteiger partial charge >= 0.3 is 0 Å². The minimum absolute atomic E-state index is 0.470. The van der Waals surface area contributed by atoms with Gasteiger partial charge < -0.3 is 5.32 Å². The van der Waals surface area contributed by atoms with E-state index in [9.17, 15) is 0 Å². The molecule has 1 aliphatic rings. The molecule has 1 saturated heterocycles. The van der Waals surface area contributed by atoms with Crippen molar-refractivity contribution < 1.29 is 0 Å². The van der Waals surface area contributed by atoms with Crippen LogP contribution in [0.25, 0.3) is 0 Å². The van der Waals surface area contributed by atoms with Crippen LogP contribution < -0.4 is 5.32 Å². The molecule has 0 saturated carbocycles. The summed E-state index contributed by atoms with van der Waals surface area (Å²) in [5.74, 6) is 1.23. The maximum Gasteiger partial charge on any atom is 0.0300 e. The zero-order chi connectivity index (χ0) is 7.40. The normalized spacial score (nSPS) is 30.0. The molecule has 1 fully saturated rings. The van der Waals surface area contributed by atoms with Gasteiger partial charge in [-0.2, -0.15) is 11.8 Å². The molecule has 1 nitrogen and oxygen atoms in total. The van der Waals surface area contributed by atoms with E-state index in [1.54, 1.807) is 0 Å². The first-order chi connectivity index (χ1) is 4.84. The van der Waals surface area contributed by atoms with Crippen LogP contribution in [0.3, 0.4) is 0 Å². The van der Waals surface area contributed by atoms with E-state index < -0.39 is 0 Å². The molecule has 59 valence electrons. The first-order valence-electron chi connectivity index (χ1n) is 3.82. The number of hydrogen-bond donors (Lipinski definition) is 1. The third-order valence-corrected chi connectivity index (χ3v) is 3.97. The van der Waals surface area contributed by atoms with Crippen LogP contribution in [-0.4, -0.2) is 29.3 Å². The lowest BCUT2D eigenvalue weighted by atomic mass is 10.2. The minimum atomic E-state index is 0.470. The Kier molecular flexibility index (Phi) is 3.96. The molecule has 0 aromatic heterocycles. The Bertz CT molecular complexity index is 91.6. The van der Waals surface area contributed by atoms with Crippen molar-refractivity contribution in [2.24, 2.45) is 0 Å². The maximum atomic E-state index is 5.30. The molecule has 1 N–H and O–H groups in total. The van der Waals surface area contributed by atoms with Crippen LogP contribution in [0, 0.1) is 0 Å². The van der Waals surface area contributed by atoms with Gasteiger partial charge in [-0.25, -0.2) is 0 Å². The minimum Gasteiger partial charge on any atom is -0.315 e. The van der Waals surface area contributed by atoms with Crippen LogP contribution in [0.1, 0.15) is 13.3 Å². The summed E-state index contributed by atoms with van der Waals surface area (Å²) in [6.07, 6.45) is 1.13. The third-order valence-electron chi connectivity index (χ3n) is 1.77. The molecule has 2 atom stereocenters. The van der Waals surface area contributed by atoms with Crippen molar-refractivity contribution in [1.29, 1.82) is 0 Å². The zero-order valence-electron chi connectivity index (χ0n) is 6.30. The van der Waals surface area contributed by atoms with Crippen molar-refractivity contribution >= 4 is 24.4 Å². The van der Waals surface area contributed by atoms with E-state index in [0.717, 1.165) is 19.5 Å². The fourth-order valence-electron chi connectivity index (χ4n) is 1.09. The van der Waals surface area contributed by atoms with Crippen LogP contribution in [0.15, 0.2) is 0 Å². The number of rotatable bonds is 2. The van der Waals surface area contributed by atoms with E-state index in [2.05, 4.69) is 12.2 Å². The molecule has 0 amide bonds. The van der Waals surface area contributed by atoms with E-state index in [4.69, 9.17) is 12.6 Å². The van der Waals surface area contributed by atoms with Crippen molar-refractivity contribution in [3.05, 3.63) is 0 Å². The van der Waals surface area contributed by atoms with Gasteiger partial charge in [-0.05, 0) is 6.42 Å². The summed E-state index contributed by atoms with van der Waals surface area (Å²) in [5, 5.41) is 4.52. The fraction of sp³-hybridized carbons (Fsp3) is 1.00. The van der Waals surface area contributed by atoms with E-state index in [1.807, 2.05) is 11.8 Å². The van der Waals surface area contributed by atoms with Gasteiger partial charge in [0.2, 0.25) is 0 Å². The SMILES string of the molecule is CCC([S])C1CNCCS1. The highest BCUT2D eigenvalue weighted by molar-refractivity contribution is 8.00. The average molecular weight is 176 g/mol. The summed E-state index contributed by atoms with van der Waals surface area (Å²) in [6, 6.07) is 0. The fourth-order valence-corrected chi connectivity index (χ4v) is 2.63. The summed E-state index contributed by atoms with van der Waals surface area (Å²) in [5.41, 5.74) is 0. The molecular formula is C7H14NS2. The summed E-state index contributed by atoms with van der Waals surface area (Å²) in [4.78, 5) is 0. The van der Waals surface area contributed by atoms with Crippen LogP contribution in [0.4, 0.5) is 0 Å². The maximum absolute atomic E-state index is 5.30. The summed E-state index contributed by atoms with van der Waals surface area (Å²) >= 11 is 7.33. The molecule has 2 unspecified atom stereocenters. The second kappa shape index (κ2) is 4.52.